The first kappa shape index (κ1) is 32.7. The average Bonchev–Trinajstić information content (AvgIpc) is 3.70. The third-order valence-electron chi connectivity index (χ3n) is 9.52. The fourth-order valence-electron chi connectivity index (χ4n) is 6.91. The van der Waals surface area contributed by atoms with E-state index in [1.165, 1.54) is 5.56 Å². The lowest BCUT2D eigenvalue weighted by Crippen LogP contribution is -2.51. The van der Waals surface area contributed by atoms with Crippen LogP contribution in [0.15, 0.2) is 48.7 Å². The van der Waals surface area contributed by atoms with Crippen LogP contribution in [0.3, 0.4) is 0 Å². The summed E-state index contributed by atoms with van der Waals surface area (Å²) < 4.78 is 16.9. The molecule has 2 aromatic carbocycles. The number of carbonyl (C=O) groups is 1. The topological polar surface area (TPSA) is 111 Å². The molecule has 1 amide bonds. The van der Waals surface area contributed by atoms with E-state index in [9.17, 15) is 4.79 Å². The molecule has 0 unspecified atom stereocenters. The van der Waals surface area contributed by atoms with Gasteiger partial charge in [0.05, 0.1) is 48.0 Å². The Morgan fingerprint density at radius 3 is 2.21 bits per heavy atom. The fourth-order valence-corrected chi connectivity index (χ4v) is 7.55. The minimum atomic E-state index is 0.104. The Hall–Kier alpha value is -3.80. The molecule has 0 bridgehead atoms. The SMILES string of the molecule is COc1nc(-c2cccc(-c3cccc(-c4cc5c(c(OC)n4)[C@H](NC[C@@H]4CCC(=O)N4)CC5)c3Cl)c2Cl)cnc1CN1CC(OC)C1. The van der Waals surface area contributed by atoms with E-state index >= 15 is 0 Å². The first-order valence-corrected chi connectivity index (χ1v) is 17.0. The summed E-state index contributed by atoms with van der Waals surface area (Å²) in [7, 11) is 4.98. The molecule has 4 heterocycles. The van der Waals surface area contributed by atoms with Gasteiger partial charge >= 0.3 is 0 Å². The summed E-state index contributed by atoms with van der Waals surface area (Å²) in [6.07, 6.45) is 5.24. The van der Waals surface area contributed by atoms with Gasteiger partial charge in [-0.05, 0) is 30.9 Å². The number of nitrogens with one attached hydrogen (secondary N) is 2. The normalized spacial score (nSPS) is 19.2. The summed E-state index contributed by atoms with van der Waals surface area (Å²) >= 11 is 14.3. The number of hydrogen-bond acceptors (Lipinski definition) is 9. The number of aromatic nitrogens is 3. The summed E-state index contributed by atoms with van der Waals surface area (Å²) in [5, 5.41) is 7.71. The van der Waals surface area contributed by atoms with Crippen molar-refractivity contribution in [3.8, 4) is 45.4 Å². The molecule has 0 radical (unpaired) electrons. The number of benzene rings is 2. The van der Waals surface area contributed by atoms with E-state index < -0.39 is 0 Å². The van der Waals surface area contributed by atoms with Crippen molar-refractivity contribution >= 4 is 29.1 Å². The van der Waals surface area contributed by atoms with E-state index in [0.29, 0.717) is 47.0 Å². The van der Waals surface area contributed by atoms with Crippen LogP contribution in [-0.2, 0) is 22.5 Å². The summed E-state index contributed by atoms with van der Waals surface area (Å²) in [5.74, 6) is 1.17. The van der Waals surface area contributed by atoms with Crippen LogP contribution in [-0.4, -0.2) is 78.9 Å². The van der Waals surface area contributed by atoms with E-state index in [2.05, 4.69) is 21.6 Å². The number of nitrogens with zero attached hydrogens (tertiary/aromatic N) is 4. The van der Waals surface area contributed by atoms with Gasteiger partial charge in [0, 0.05) is 79.6 Å². The van der Waals surface area contributed by atoms with Gasteiger partial charge in [-0.2, -0.15) is 0 Å². The maximum atomic E-state index is 11.7. The van der Waals surface area contributed by atoms with E-state index in [4.69, 9.17) is 52.4 Å². The number of pyridine rings is 1. The third-order valence-corrected chi connectivity index (χ3v) is 10.3. The number of aryl methyl sites for hydroxylation is 1. The third kappa shape index (κ3) is 6.35. The number of ether oxygens (including phenoxy) is 3. The second kappa shape index (κ2) is 14.0. The Morgan fingerprint density at radius 2 is 1.56 bits per heavy atom. The van der Waals surface area contributed by atoms with Crippen molar-refractivity contribution in [3.05, 3.63) is 75.5 Å². The van der Waals surface area contributed by atoms with Crippen LogP contribution in [0.25, 0.3) is 33.6 Å². The molecule has 2 aromatic heterocycles. The van der Waals surface area contributed by atoms with Gasteiger partial charge < -0.3 is 24.8 Å². The molecular weight excluding hydrogens is 651 g/mol. The van der Waals surface area contributed by atoms with Crippen LogP contribution in [0.2, 0.25) is 10.0 Å². The van der Waals surface area contributed by atoms with Gasteiger partial charge in [0.25, 0.3) is 0 Å². The Kier molecular flexibility index (Phi) is 9.53. The molecule has 0 spiro atoms. The number of carbonyl (C=O) groups excluding carboxylic acids is 1. The highest BCUT2D eigenvalue weighted by molar-refractivity contribution is 6.39. The minimum Gasteiger partial charge on any atom is -0.481 e. The molecule has 10 nitrogen and oxygen atoms in total. The zero-order chi connectivity index (χ0) is 33.4. The maximum Gasteiger partial charge on any atom is 0.237 e. The molecule has 48 heavy (non-hydrogen) atoms. The number of hydrogen-bond donors (Lipinski definition) is 2. The molecule has 0 saturated carbocycles. The Morgan fingerprint density at radius 1 is 0.896 bits per heavy atom. The molecule has 2 atom stereocenters. The molecule has 7 rings (SSSR count). The van der Waals surface area contributed by atoms with Gasteiger partial charge in [-0.25, -0.2) is 9.97 Å². The highest BCUT2D eigenvalue weighted by atomic mass is 35.5. The first-order valence-electron chi connectivity index (χ1n) is 16.2. The van der Waals surface area contributed by atoms with Gasteiger partial charge in [-0.3, -0.25) is 14.7 Å². The van der Waals surface area contributed by atoms with Crippen LogP contribution in [0.5, 0.6) is 11.8 Å². The molecular formula is C36H38Cl2N6O4. The van der Waals surface area contributed by atoms with Crippen molar-refractivity contribution in [2.24, 2.45) is 0 Å². The van der Waals surface area contributed by atoms with Crippen molar-refractivity contribution in [1.29, 1.82) is 0 Å². The molecule has 2 fully saturated rings. The Balaban J connectivity index is 1.16. The van der Waals surface area contributed by atoms with Gasteiger partial charge in [-0.1, -0.05) is 59.6 Å². The van der Waals surface area contributed by atoms with Gasteiger partial charge in [0.1, 0.15) is 5.69 Å². The first-order chi connectivity index (χ1) is 23.4. The molecule has 250 valence electrons. The molecule has 4 aromatic rings. The number of halogens is 2. The maximum absolute atomic E-state index is 11.7. The Bertz CT molecular complexity index is 1850. The van der Waals surface area contributed by atoms with Gasteiger partial charge in [-0.15, -0.1) is 0 Å². The van der Waals surface area contributed by atoms with Crippen LogP contribution < -0.4 is 20.1 Å². The van der Waals surface area contributed by atoms with Gasteiger partial charge in [0.2, 0.25) is 17.7 Å². The smallest absolute Gasteiger partial charge is 0.237 e. The number of fused-ring (bicyclic) bond motifs is 1. The standard InChI is InChI=1S/C36H38Cl2N6O4/c1-46-22-17-44(18-22)19-30-35(47-2)43-29(16-40-30)26-9-5-7-24(34(26)38)23-6-4-8-25(33(23)37)28-14-20-10-12-27(32(20)36(42-28)48-3)39-15-21-11-13-31(45)41-21/h4-9,14,16,21-22,27,39H,10-13,15,17-19H2,1-3H3,(H,41,45)/t21-,27+/m0/s1. The second-order valence-electron chi connectivity index (χ2n) is 12.5. The van der Waals surface area contributed by atoms with Crippen molar-refractivity contribution < 1.29 is 19.0 Å². The molecule has 2 saturated heterocycles. The van der Waals surface area contributed by atoms with E-state index in [1.54, 1.807) is 27.5 Å². The molecule has 2 N–H and O–H groups in total. The second-order valence-corrected chi connectivity index (χ2v) is 13.2. The minimum absolute atomic E-state index is 0.104. The lowest BCUT2D eigenvalue weighted by atomic mass is 9.97. The number of amides is 1. The van der Waals surface area contributed by atoms with E-state index in [-0.39, 0.29) is 24.1 Å². The summed E-state index contributed by atoms with van der Waals surface area (Å²) in [6.45, 7) is 3.05. The van der Waals surface area contributed by atoms with E-state index in [1.807, 2.05) is 36.4 Å². The highest BCUT2D eigenvalue weighted by Gasteiger charge is 2.31. The molecule has 12 heteroatoms. The van der Waals surface area contributed by atoms with Crippen molar-refractivity contribution in [2.75, 3.05) is 41.0 Å². The lowest BCUT2D eigenvalue weighted by molar-refractivity contribution is -0.119. The van der Waals surface area contributed by atoms with Crippen LogP contribution in [0.4, 0.5) is 0 Å². The van der Waals surface area contributed by atoms with Crippen LogP contribution in [0, 0.1) is 0 Å². The Labute approximate surface area is 290 Å². The van der Waals surface area contributed by atoms with Crippen molar-refractivity contribution in [3.63, 3.8) is 0 Å². The summed E-state index contributed by atoms with van der Waals surface area (Å²) in [5.41, 5.74) is 7.42. The van der Waals surface area contributed by atoms with E-state index in [0.717, 1.165) is 71.6 Å². The van der Waals surface area contributed by atoms with Crippen molar-refractivity contribution in [2.45, 2.75) is 50.4 Å². The monoisotopic (exact) mass is 688 g/mol. The predicted molar refractivity (Wildman–Crippen MR) is 186 cm³/mol. The molecule has 1 aliphatic carbocycles. The number of likely N-dealkylation sites (tertiary alicyclic amines) is 1. The van der Waals surface area contributed by atoms with Crippen molar-refractivity contribution in [1.82, 2.24) is 30.5 Å². The average molecular weight is 690 g/mol. The van der Waals surface area contributed by atoms with Crippen LogP contribution >= 0.6 is 23.2 Å². The largest absolute Gasteiger partial charge is 0.481 e. The fraction of sp³-hybridized carbons (Fsp3) is 0.389. The predicted octanol–water partition coefficient (Wildman–Crippen LogP) is 5.88. The molecule has 3 aliphatic rings. The highest BCUT2D eigenvalue weighted by Crippen LogP contribution is 2.44. The number of methoxy groups -OCH3 is 3. The summed E-state index contributed by atoms with van der Waals surface area (Å²) in [6, 6.07) is 14.1. The summed E-state index contributed by atoms with van der Waals surface area (Å²) in [4.78, 5) is 28.3. The number of rotatable bonds is 11. The van der Waals surface area contributed by atoms with Crippen LogP contribution in [0.1, 0.15) is 42.1 Å². The molecule has 2 aliphatic heterocycles. The zero-order valence-electron chi connectivity index (χ0n) is 27.2. The quantitative estimate of drug-likeness (QED) is 0.200. The zero-order valence-corrected chi connectivity index (χ0v) is 28.7. The van der Waals surface area contributed by atoms with Gasteiger partial charge in [0.15, 0.2) is 0 Å². The lowest BCUT2D eigenvalue weighted by Gasteiger charge is -2.37.